The van der Waals surface area contributed by atoms with Gasteiger partial charge in [0.15, 0.2) is 11.6 Å². The van der Waals surface area contributed by atoms with Gasteiger partial charge < -0.3 is 19.7 Å². The van der Waals surface area contributed by atoms with Gasteiger partial charge in [0.1, 0.15) is 0 Å². The lowest BCUT2D eigenvalue weighted by Crippen LogP contribution is -2.36. The van der Waals surface area contributed by atoms with Crippen molar-refractivity contribution in [2.24, 2.45) is 0 Å². The molecule has 24 heavy (non-hydrogen) atoms. The van der Waals surface area contributed by atoms with Crippen LogP contribution in [0.25, 0.3) is 0 Å². The molecule has 2 amide bonds. The number of nitrogens with one attached hydrogen (secondary N) is 1. The van der Waals surface area contributed by atoms with Gasteiger partial charge in [0, 0.05) is 32.4 Å². The summed E-state index contributed by atoms with van der Waals surface area (Å²) in [5, 5.41) is 2.78. The summed E-state index contributed by atoms with van der Waals surface area (Å²) in [7, 11) is 4.59. The number of ether oxygens (including phenoxy) is 2. The van der Waals surface area contributed by atoms with E-state index >= 15 is 0 Å². The molecule has 128 valence electrons. The smallest absolute Gasteiger partial charge is 0.317 e. The first-order valence-corrected chi connectivity index (χ1v) is 7.33. The summed E-state index contributed by atoms with van der Waals surface area (Å²) >= 11 is 0. The predicted octanol–water partition coefficient (Wildman–Crippen LogP) is 2.58. The zero-order chi connectivity index (χ0) is 17.5. The Morgan fingerprint density at radius 2 is 1.96 bits per heavy atom. The molecule has 0 aliphatic carbocycles. The van der Waals surface area contributed by atoms with Crippen LogP contribution in [0.3, 0.4) is 0 Å². The molecule has 0 aliphatic rings. The third-order valence-corrected chi connectivity index (χ3v) is 3.43. The minimum atomic E-state index is -0.451. The number of hydrogen-bond acceptors (Lipinski definition) is 4. The highest BCUT2D eigenvalue weighted by atomic mass is 19.1. The molecular formula is C17H20FN3O3. The first-order chi connectivity index (χ1) is 11.5. The summed E-state index contributed by atoms with van der Waals surface area (Å²) in [6.07, 6.45) is 1.64. The third kappa shape index (κ3) is 4.58. The quantitative estimate of drug-likeness (QED) is 0.882. The number of urea groups is 1. The van der Waals surface area contributed by atoms with Crippen molar-refractivity contribution in [2.75, 3.05) is 21.3 Å². The number of carbonyl (C=O) groups excluding carboxylic acids is 1. The van der Waals surface area contributed by atoms with Crippen molar-refractivity contribution in [3.8, 4) is 11.6 Å². The summed E-state index contributed by atoms with van der Waals surface area (Å²) in [5.74, 6) is 0.245. The van der Waals surface area contributed by atoms with E-state index in [2.05, 4.69) is 10.3 Å². The summed E-state index contributed by atoms with van der Waals surface area (Å²) in [6.45, 7) is 0.630. The number of rotatable bonds is 6. The maximum absolute atomic E-state index is 13.7. The monoisotopic (exact) mass is 333 g/mol. The number of carbonyl (C=O) groups is 1. The number of benzene rings is 1. The van der Waals surface area contributed by atoms with E-state index in [1.807, 2.05) is 6.07 Å². The zero-order valence-corrected chi connectivity index (χ0v) is 13.9. The van der Waals surface area contributed by atoms with Crippen LogP contribution in [0.2, 0.25) is 0 Å². The van der Waals surface area contributed by atoms with Gasteiger partial charge in [0.05, 0.1) is 14.2 Å². The molecule has 0 spiro atoms. The van der Waals surface area contributed by atoms with Crippen molar-refractivity contribution in [1.29, 1.82) is 0 Å². The second-order valence-electron chi connectivity index (χ2n) is 5.19. The highest BCUT2D eigenvalue weighted by molar-refractivity contribution is 5.73. The van der Waals surface area contributed by atoms with Crippen LogP contribution in [-0.2, 0) is 13.1 Å². The molecule has 0 aliphatic heterocycles. The van der Waals surface area contributed by atoms with E-state index in [9.17, 15) is 9.18 Å². The molecule has 2 rings (SSSR count). The normalized spacial score (nSPS) is 10.2. The van der Waals surface area contributed by atoms with Crippen molar-refractivity contribution in [3.05, 3.63) is 53.5 Å². The second kappa shape index (κ2) is 8.14. The summed E-state index contributed by atoms with van der Waals surface area (Å²) in [6, 6.07) is 7.91. The fourth-order valence-corrected chi connectivity index (χ4v) is 2.10. The minimum Gasteiger partial charge on any atom is -0.494 e. The average molecular weight is 333 g/mol. The van der Waals surface area contributed by atoms with Crippen LogP contribution in [0.5, 0.6) is 11.6 Å². The average Bonchev–Trinajstić information content (AvgIpc) is 2.60. The molecule has 7 heteroatoms. The lowest BCUT2D eigenvalue weighted by atomic mass is 10.2. The lowest BCUT2D eigenvalue weighted by molar-refractivity contribution is 0.206. The molecule has 0 radical (unpaired) electrons. The Hall–Kier alpha value is -2.83. The molecule has 0 unspecified atom stereocenters. The Morgan fingerprint density at radius 1 is 1.21 bits per heavy atom. The molecule has 1 aromatic heterocycles. The van der Waals surface area contributed by atoms with Gasteiger partial charge in [-0.3, -0.25) is 0 Å². The van der Waals surface area contributed by atoms with Gasteiger partial charge >= 0.3 is 6.03 Å². The number of aromatic nitrogens is 1. The van der Waals surface area contributed by atoms with E-state index in [0.29, 0.717) is 18.0 Å². The van der Waals surface area contributed by atoms with Gasteiger partial charge in [-0.05, 0) is 23.3 Å². The molecule has 6 nitrogen and oxygen atoms in total. The first-order valence-electron chi connectivity index (χ1n) is 7.33. The molecular weight excluding hydrogens is 313 g/mol. The third-order valence-electron chi connectivity index (χ3n) is 3.43. The molecule has 0 saturated heterocycles. The summed E-state index contributed by atoms with van der Waals surface area (Å²) < 4.78 is 23.5. The topological polar surface area (TPSA) is 63.7 Å². The Bertz CT molecular complexity index is 692. The van der Waals surface area contributed by atoms with Crippen LogP contribution < -0.4 is 14.8 Å². The number of nitrogens with zero attached hydrogens (tertiary/aromatic N) is 2. The molecule has 1 aromatic carbocycles. The lowest BCUT2D eigenvalue weighted by Gasteiger charge is -2.18. The van der Waals surface area contributed by atoms with Crippen molar-refractivity contribution >= 4 is 6.03 Å². The van der Waals surface area contributed by atoms with Crippen molar-refractivity contribution in [2.45, 2.75) is 13.1 Å². The SMILES string of the molecule is COc1ccc(CNC(=O)N(C)Cc2ccc(OC)c(F)c2)cn1. The fourth-order valence-electron chi connectivity index (χ4n) is 2.10. The van der Waals surface area contributed by atoms with Crippen LogP contribution in [0.1, 0.15) is 11.1 Å². The van der Waals surface area contributed by atoms with Gasteiger partial charge in [-0.2, -0.15) is 0 Å². The zero-order valence-electron chi connectivity index (χ0n) is 13.9. The van der Waals surface area contributed by atoms with Crippen molar-refractivity contribution in [3.63, 3.8) is 0 Å². The molecule has 0 bridgehead atoms. The summed E-state index contributed by atoms with van der Waals surface area (Å²) in [5.41, 5.74) is 1.53. The van der Waals surface area contributed by atoms with Gasteiger partial charge in [0.25, 0.3) is 0 Å². The summed E-state index contributed by atoms with van der Waals surface area (Å²) in [4.78, 5) is 17.6. The number of halogens is 1. The molecule has 1 N–H and O–H groups in total. The number of methoxy groups -OCH3 is 2. The largest absolute Gasteiger partial charge is 0.494 e. The number of hydrogen-bond donors (Lipinski definition) is 1. The Balaban J connectivity index is 1.88. The van der Waals surface area contributed by atoms with Crippen LogP contribution in [0.15, 0.2) is 36.5 Å². The molecule has 0 saturated carbocycles. The standard InChI is InChI=1S/C17H20FN3O3/c1-21(11-12-4-6-15(23-2)14(18)8-12)17(22)20-10-13-5-7-16(24-3)19-9-13/h4-9H,10-11H2,1-3H3,(H,20,22). The molecule has 0 fully saturated rings. The highest BCUT2D eigenvalue weighted by Gasteiger charge is 2.11. The Kier molecular flexibility index (Phi) is 5.95. The predicted molar refractivity (Wildman–Crippen MR) is 87.4 cm³/mol. The fraction of sp³-hybridized carbons (Fsp3) is 0.294. The number of pyridine rings is 1. The van der Waals surface area contributed by atoms with E-state index < -0.39 is 5.82 Å². The first kappa shape index (κ1) is 17.5. The Morgan fingerprint density at radius 3 is 2.54 bits per heavy atom. The van der Waals surface area contributed by atoms with Crippen molar-refractivity contribution in [1.82, 2.24) is 15.2 Å². The van der Waals surface area contributed by atoms with Crippen LogP contribution in [0, 0.1) is 5.82 Å². The van der Waals surface area contributed by atoms with E-state index in [1.54, 1.807) is 38.6 Å². The van der Waals surface area contributed by atoms with E-state index in [1.165, 1.54) is 18.1 Å². The van der Waals surface area contributed by atoms with Crippen molar-refractivity contribution < 1.29 is 18.7 Å². The van der Waals surface area contributed by atoms with Gasteiger partial charge in [-0.25, -0.2) is 14.2 Å². The number of amides is 2. The highest BCUT2D eigenvalue weighted by Crippen LogP contribution is 2.18. The van der Waals surface area contributed by atoms with E-state index in [-0.39, 0.29) is 18.3 Å². The van der Waals surface area contributed by atoms with Gasteiger partial charge in [-0.1, -0.05) is 12.1 Å². The molecule has 2 aromatic rings. The van der Waals surface area contributed by atoms with E-state index in [0.717, 1.165) is 5.56 Å². The molecule has 1 heterocycles. The van der Waals surface area contributed by atoms with Crippen LogP contribution >= 0.6 is 0 Å². The van der Waals surface area contributed by atoms with E-state index in [4.69, 9.17) is 9.47 Å². The minimum absolute atomic E-state index is 0.179. The van der Waals surface area contributed by atoms with Gasteiger partial charge in [0.2, 0.25) is 5.88 Å². The van der Waals surface area contributed by atoms with Gasteiger partial charge in [-0.15, -0.1) is 0 Å². The maximum Gasteiger partial charge on any atom is 0.317 e. The Labute approximate surface area is 140 Å². The van der Waals surface area contributed by atoms with Crippen LogP contribution in [-0.4, -0.2) is 37.2 Å². The van der Waals surface area contributed by atoms with Crippen LogP contribution in [0.4, 0.5) is 9.18 Å². The molecule has 0 atom stereocenters. The second-order valence-corrected chi connectivity index (χ2v) is 5.19. The maximum atomic E-state index is 13.7.